The van der Waals surface area contributed by atoms with E-state index in [2.05, 4.69) is 31.2 Å². The van der Waals surface area contributed by atoms with Gasteiger partial charge in [-0.25, -0.2) is 0 Å². The Kier molecular flexibility index (Phi) is 2.35. The Morgan fingerprint density at radius 1 is 1.50 bits per heavy atom. The van der Waals surface area contributed by atoms with E-state index in [4.69, 9.17) is 4.52 Å². The molecular weight excluding hydrogens is 176 g/mol. The summed E-state index contributed by atoms with van der Waals surface area (Å²) in [6, 6.07) is 0. The first-order valence-electron chi connectivity index (χ1n) is 5.34. The molecule has 1 aliphatic rings. The van der Waals surface area contributed by atoms with Gasteiger partial charge in [-0.3, -0.25) is 0 Å². The summed E-state index contributed by atoms with van der Waals surface area (Å²) in [5, 5.41) is 7.42. The number of hydrogen-bond donors (Lipinski definition) is 1. The minimum absolute atomic E-state index is 0.187. The standard InChI is InChI=1S/C11H18N2O/c1-4-12-7-9-8-5-6-11(2,3)10(8)14-13-9/h12H,4-7H2,1-3H3. The smallest absolute Gasteiger partial charge is 0.145 e. The molecule has 1 aliphatic carbocycles. The van der Waals surface area contributed by atoms with E-state index in [0.717, 1.165) is 31.0 Å². The highest BCUT2D eigenvalue weighted by atomic mass is 16.5. The van der Waals surface area contributed by atoms with Gasteiger partial charge in [0.25, 0.3) is 0 Å². The maximum Gasteiger partial charge on any atom is 0.145 e. The van der Waals surface area contributed by atoms with Crippen LogP contribution in [0.4, 0.5) is 0 Å². The van der Waals surface area contributed by atoms with Crippen LogP contribution < -0.4 is 5.32 Å². The summed E-state index contributed by atoms with van der Waals surface area (Å²) in [6.45, 7) is 8.36. The van der Waals surface area contributed by atoms with Gasteiger partial charge in [-0.15, -0.1) is 0 Å². The number of nitrogens with zero attached hydrogens (tertiary/aromatic N) is 1. The molecule has 0 bridgehead atoms. The van der Waals surface area contributed by atoms with E-state index in [0.29, 0.717) is 0 Å². The second kappa shape index (κ2) is 3.39. The van der Waals surface area contributed by atoms with Crippen molar-refractivity contribution in [2.24, 2.45) is 0 Å². The Morgan fingerprint density at radius 2 is 2.29 bits per heavy atom. The zero-order valence-corrected chi connectivity index (χ0v) is 9.18. The third-order valence-corrected chi connectivity index (χ3v) is 3.03. The second-order valence-electron chi connectivity index (χ2n) is 4.60. The van der Waals surface area contributed by atoms with Crippen LogP contribution in [0.1, 0.15) is 44.2 Å². The molecule has 0 amide bonds. The Balaban J connectivity index is 2.22. The predicted molar refractivity (Wildman–Crippen MR) is 55.2 cm³/mol. The summed E-state index contributed by atoms with van der Waals surface area (Å²) in [4.78, 5) is 0. The zero-order valence-electron chi connectivity index (χ0n) is 9.18. The molecule has 0 atom stereocenters. The Morgan fingerprint density at radius 3 is 3.00 bits per heavy atom. The lowest BCUT2D eigenvalue weighted by atomic mass is 9.92. The van der Waals surface area contributed by atoms with E-state index in [1.165, 1.54) is 12.0 Å². The van der Waals surface area contributed by atoms with Crippen LogP contribution in [0.15, 0.2) is 4.52 Å². The van der Waals surface area contributed by atoms with E-state index in [1.54, 1.807) is 0 Å². The molecule has 0 aliphatic heterocycles. The van der Waals surface area contributed by atoms with Gasteiger partial charge in [-0.2, -0.15) is 0 Å². The number of rotatable bonds is 3. The van der Waals surface area contributed by atoms with Crippen LogP contribution in [-0.2, 0) is 18.4 Å². The van der Waals surface area contributed by atoms with Crippen molar-refractivity contribution in [3.05, 3.63) is 17.0 Å². The van der Waals surface area contributed by atoms with Crippen LogP contribution in [0, 0.1) is 0 Å². The molecule has 14 heavy (non-hydrogen) atoms. The van der Waals surface area contributed by atoms with E-state index in [1.807, 2.05) is 0 Å². The van der Waals surface area contributed by atoms with Crippen LogP contribution in [0.3, 0.4) is 0 Å². The van der Waals surface area contributed by atoms with Crippen molar-refractivity contribution in [2.45, 2.75) is 45.6 Å². The topological polar surface area (TPSA) is 38.1 Å². The number of hydrogen-bond acceptors (Lipinski definition) is 3. The molecule has 2 rings (SSSR count). The Hall–Kier alpha value is -0.830. The fraction of sp³-hybridized carbons (Fsp3) is 0.727. The van der Waals surface area contributed by atoms with Crippen molar-refractivity contribution < 1.29 is 4.52 Å². The van der Waals surface area contributed by atoms with Crippen molar-refractivity contribution in [1.82, 2.24) is 10.5 Å². The molecule has 0 aromatic carbocycles. The van der Waals surface area contributed by atoms with E-state index in [-0.39, 0.29) is 5.41 Å². The molecule has 3 nitrogen and oxygen atoms in total. The highest BCUT2D eigenvalue weighted by Gasteiger charge is 2.36. The minimum atomic E-state index is 0.187. The van der Waals surface area contributed by atoms with E-state index < -0.39 is 0 Å². The first-order chi connectivity index (χ1) is 6.65. The van der Waals surface area contributed by atoms with Gasteiger partial charge in [-0.05, 0) is 19.4 Å². The van der Waals surface area contributed by atoms with Crippen LogP contribution in [0.25, 0.3) is 0 Å². The normalized spacial score (nSPS) is 18.5. The fourth-order valence-electron chi connectivity index (χ4n) is 2.07. The molecule has 0 saturated heterocycles. The van der Waals surface area contributed by atoms with Gasteiger partial charge in [0, 0.05) is 17.5 Å². The molecule has 0 spiro atoms. The first-order valence-corrected chi connectivity index (χ1v) is 5.34. The lowest BCUT2D eigenvalue weighted by Gasteiger charge is -2.13. The van der Waals surface area contributed by atoms with Crippen molar-refractivity contribution >= 4 is 0 Å². The van der Waals surface area contributed by atoms with Gasteiger partial charge >= 0.3 is 0 Å². The molecular formula is C11H18N2O. The number of nitrogens with one attached hydrogen (secondary N) is 1. The monoisotopic (exact) mass is 194 g/mol. The Bertz CT molecular complexity index is 328. The summed E-state index contributed by atoms with van der Waals surface area (Å²) in [7, 11) is 0. The molecule has 1 heterocycles. The quantitative estimate of drug-likeness (QED) is 0.799. The summed E-state index contributed by atoms with van der Waals surface area (Å²) in [5.74, 6) is 1.10. The van der Waals surface area contributed by atoms with Gasteiger partial charge in [0.15, 0.2) is 0 Å². The number of fused-ring (bicyclic) bond motifs is 1. The minimum Gasteiger partial charge on any atom is -0.360 e. The van der Waals surface area contributed by atoms with E-state index >= 15 is 0 Å². The largest absolute Gasteiger partial charge is 0.360 e. The van der Waals surface area contributed by atoms with Gasteiger partial charge in [0.2, 0.25) is 0 Å². The maximum atomic E-state index is 5.43. The summed E-state index contributed by atoms with van der Waals surface area (Å²) >= 11 is 0. The van der Waals surface area contributed by atoms with Gasteiger partial charge in [-0.1, -0.05) is 25.9 Å². The summed E-state index contributed by atoms with van der Waals surface area (Å²) in [6.07, 6.45) is 2.30. The van der Waals surface area contributed by atoms with Gasteiger partial charge < -0.3 is 9.84 Å². The number of aromatic nitrogens is 1. The molecule has 3 heteroatoms. The lowest BCUT2D eigenvalue weighted by molar-refractivity contribution is 0.315. The van der Waals surface area contributed by atoms with Crippen LogP contribution >= 0.6 is 0 Å². The molecule has 0 unspecified atom stereocenters. The van der Waals surface area contributed by atoms with Crippen molar-refractivity contribution in [3.63, 3.8) is 0 Å². The highest BCUT2D eigenvalue weighted by molar-refractivity contribution is 5.33. The Labute approximate surface area is 84.9 Å². The molecule has 0 saturated carbocycles. The average Bonchev–Trinajstić information content (AvgIpc) is 2.65. The van der Waals surface area contributed by atoms with Crippen LogP contribution in [0.5, 0.6) is 0 Å². The fourth-order valence-corrected chi connectivity index (χ4v) is 2.07. The lowest BCUT2D eigenvalue weighted by Crippen LogP contribution is -2.13. The first kappa shape index (κ1) is 9.71. The van der Waals surface area contributed by atoms with E-state index in [9.17, 15) is 0 Å². The molecule has 1 aromatic rings. The van der Waals surface area contributed by atoms with Crippen molar-refractivity contribution in [2.75, 3.05) is 6.54 Å². The van der Waals surface area contributed by atoms with Crippen molar-refractivity contribution in [1.29, 1.82) is 0 Å². The molecule has 0 radical (unpaired) electrons. The molecule has 1 aromatic heterocycles. The van der Waals surface area contributed by atoms with Gasteiger partial charge in [0.1, 0.15) is 11.5 Å². The zero-order chi connectivity index (χ0) is 10.2. The second-order valence-corrected chi connectivity index (χ2v) is 4.60. The van der Waals surface area contributed by atoms with Gasteiger partial charge in [0.05, 0.1) is 0 Å². The molecule has 0 fully saturated rings. The molecule has 1 N–H and O–H groups in total. The maximum absolute atomic E-state index is 5.43. The van der Waals surface area contributed by atoms with Crippen molar-refractivity contribution in [3.8, 4) is 0 Å². The third kappa shape index (κ3) is 1.46. The average molecular weight is 194 g/mol. The SMILES string of the molecule is CCNCc1noc2c1CCC2(C)C. The summed E-state index contributed by atoms with van der Waals surface area (Å²) in [5.41, 5.74) is 2.63. The predicted octanol–water partition coefficient (Wildman–Crippen LogP) is 2.01. The summed E-state index contributed by atoms with van der Waals surface area (Å²) < 4.78 is 5.43. The third-order valence-electron chi connectivity index (χ3n) is 3.03. The van der Waals surface area contributed by atoms with Crippen LogP contribution in [0.2, 0.25) is 0 Å². The highest BCUT2D eigenvalue weighted by Crippen LogP contribution is 2.39. The van der Waals surface area contributed by atoms with Crippen LogP contribution in [-0.4, -0.2) is 11.7 Å². The molecule has 78 valence electrons.